The van der Waals surface area contributed by atoms with E-state index < -0.39 is 0 Å². The van der Waals surface area contributed by atoms with Crippen LogP contribution in [0.5, 0.6) is 11.5 Å². The molecule has 0 atom stereocenters. The molecule has 0 saturated carbocycles. The molecule has 0 radical (unpaired) electrons. The first kappa shape index (κ1) is 9.53. The summed E-state index contributed by atoms with van der Waals surface area (Å²) in [5.74, 6) is 0.800. The molecule has 1 aliphatic heterocycles. The van der Waals surface area contributed by atoms with Gasteiger partial charge in [-0.1, -0.05) is 6.07 Å². The lowest BCUT2D eigenvalue weighted by molar-refractivity contribution is 0.0986. The van der Waals surface area contributed by atoms with Crippen molar-refractivity contribution < 1.29 is 14.3 Å². The van der Waals surface area contributed by atoms with Crippen LogP contribution >= 0.6 is 0 Å². The summed E-state index contributed by atoms with van der Waals surface area (Å²) < 4.78 is 10.7. The fourth-order valence-electron chi connectivity index (χ4n) is 1.46. The summed E-state index contributed by atoms with van der Waals surface area (Å²) in [4.78, 5) is 11.6. The van der Waals surface area contributed by atoms with Gasteiger partial charge in [-0.05, 0) is 12.1 Å². The van der Waals surface area contributed by atoms with E-state index in [1.54, 1.807) is 18.2 Å². The molecule has 0 aliphatic carbocycles. The molecule has 1 heterocycles. The van der Waals surface area contributed by atoms with E-state index in [2.05, 4.69) is 0 Å². The molecular formula is C11H9NO3. The Labute approximate surface area is 87.0 Å². The van der Waals surface area contributed by atoms with Crippen LogP contribution in [0.2, 0.25) is 0 Å². The Morgan fingerprint density at radius 3 is 3.00 bits per heavy atom. The van der Waals surface area contributed by atoms with Crippen molar-refractivity contribution in [1.29, 1.82) is 5.26 Å². The van der Waals surface area contributed by atoms with E-state index in [-0.39, 0.29) is 12.2 Å². The zero-order valence-corrected chi connectivity index (χ0v) is 8.03. The van der Waals surface area contributed by atoms with Gasteiger partial charge in [0.25, 0.3) is 0 Å². The third kappa shape index (κ3) is 1.77. The summed E-state index contributed by atoms with van der Waals surface area (Å²) in [5, 5.41) is 8.46. The number of benzene rings is 1. The Hall–Kier alpha value is -2.02. The second kappa shape index (κ2) is 4.01. The fraction of sp³-hybridized carbons (Fsp3) is 0.273. The maximum Gasteiger partial charge on any atom is 0.180 e. The summed E-state index contributed by atoms with van der Waals surface area (Å²) in [5.41, 5.74) is 0.425. The highest BCUT2D eigenvalue weighted by molar-refractivity contribution is 6.00. The highest BCUT2D eigenvalue weighted by atomic mass is 16.6. The van der Waals surface area contributed by atoms with Gasteiger partial charge >= 0.3 is 0 Å². The number of hydrogen-bond acceptors (Lipinski definition) is 4. The van der Waals surface area contributed by atoms with Gasteiger partial charge in [-0.3, -0.25) is 4.79 Å². The molecule has 0 unspecified atom stereocenters. The molecule has 1 aromatic rings. The largest absolute Gasteiger partial charge is 0.486 e. The number of Topliss-reactive ketones (excluding diaryl/α,β-unsaturated/α-hetero) is 1. The summed E-state index contributed by atoms with van der Waals surface area (Å²) in [6, 6.07) is 6.94. The smallest absolute Gasteiger partial charge is 0.180 e. The Balaban J connectivity index is 2.40. The molecule has 15 heavy (non-hydrogen) atoms. The van der Waals surface area contributed by atoms with E-state index in [9.17, 15) is 4.79 Å². The summed E-state index contributed by atoms with van der Waals surface area (Å²) in [6.45, 7) is 0.923. The predicted molar refractivity (Wildman–Crippen MR) is 52.0 cm³/mol. The maximum atomic E-state index is 11.6. The van der Waals surface area contributed by atoms with Crippen LogP contribution in [0.15, 0.2) is 18.2 Å². The first-order valence-electron chi connectivity index (χ1n) is 4.61. The number of ketones is 1. The SMILES string of the molecule is N#CCC(=O)c1cccc2c1OCCO2. The van der Waals surface area contributed by atoms with E-state index >= 15 is 0 Å². The molecular weight excluding hydrogens is 194 g/mol. The first-order chi connectivity index (χ1) is 7.33. The molecule has 2 rings (SSSR count). The van der Waals surface area contributed by atoms with Gasteiger partial charge in [0.15, 0.2) is 17.3 Å². The Morgan fingerprint density at radius 2 is 2.20 bits per heavy atom. The van der Waals surface area contributed by atoms with Gasteiger partial charge in [0, 0.05) is 0 Å². The van der Waals surface area contributed by atoms with Crippen LogP contribution in [0.1, 0.15) is 16.8 Å². The van der Waals surface area contributed by atoms with E-state index in [0.717, 1.165) is 0 Å². The van der Waals surface area contributed by atoms with Crippen molar-refractivity contribution in [2.24, 2.45) is 0 Å². The Morgan fingerprint density at radius 1 is 1.40 bits per heavy atom. The number of hydrogen-bond donors (Lipinski definition) is 0. The van der Waals surface area contributed by atoms with Crippen molar-refractivity contribution >= 4 is 5.78 Å². The molecule has 1 aromatic carbocycles. The van der Waals surface area contributed by atoms with Crippen LogP contribution in [-0.4, -0.2) is 19.0 Å². The van der Waals surface area contributed by atoms with Crippen LogP contribution in [0.25, 0.3) is 0 Å². The van der Waals surface area contributed by atoms with Crippen molar-refractivity contribution in [3.63, 3.8) is 0 Å². The van der Waals surface area contributed by atoms with Crippen LogP contribution in [0.3, 0.4) is 0 Å². The highest BCUT2D eigenvalue weighted by Gasteiger charge is 2.19. The van der Waals surface area contributed by atoms with Gasteiger partial charge < -0.3 is 9.47 Å². The molecule has 0 aromatic heterocycles. The standard InChI is InChI=1S/C11H9NO3/c12-5-4-9(13)8-2-1-3-10-11(8)15-7-6-14-10/h1-3H,4,6-7H2. The van der Waals surface area contributed by atoms with Gasteiger partial charge in [0.05, 0.1) is 18.1 Å². The number of para-hydroxylation sites is 1. The second-order valence-electron chi connectivity index (χ2n) is 3.09. The lowest BCUT2D eigenvalue weighted by atomic mass is 10.1. The van der Waals surface area contributed by atoms with Crippen molar-refractivity contribution in [1.82, 2.24) is 0 Å². The van der Waals surface area contributed by atoms with E-state index in [0.29, 0.717) is 30.3 Å². The van der Waals surface area contributed by atoms with Gasteiger partial charge in [-0.15, -0.1) is 0 Å². The zero-order chi connectivity index (χ0) is 10.7. The van der Waals surface area contributed by atoms with E-state index in [1.165, 1.54) is 0 Å². The zero-order valence-electron chi connectivity index (χ0n) is 8.03. The average Bonchev–Trinajstić information content (AvgIpc) is 2.28. The van der Waals surface area contributed by atoms with E-state index in [1.807, 2.05) is 6.07 Å². The van der Waals surface area contributed by atoms with Crippen LogP contribution in [-0.2, 0) is 0 Å². The normalized spacial score (nSPS) is 13.0. The van der Waals surface area contributed by atoms with Gasteiger partial charge in [0.2, 0.25) is 0 Å². The van der Waals surface area contributed by atoms with Gasteiger partial charge in [-0.2, -0.15) is 5.26 Å². The van der Waals surface area contributed by atoms with Gasteiger partial charge in [0.1, 0.15) is 13.2 Å². The minimum atomic E-state index is -0.236. The lowest BCUT2D eigenvalue weighted by Crippen LogP contribution is -2.17. The Kier molecular flexibility index (Phi) is 2.55. The second-order valence-corrected chi connectivity index (χ2v) is 3.09. The fourth-order valence-corrected chi connectivity index (χ4v) is 1.46. The van der Waals surface area contributed by atoms with E-state index in [4.69, 9.17) is 14.7 Å². The maximum absolute atomic E-state index is 11.6. The Bertz CT molecular complexity index is 434. The molecule has 0 saturated heterocycles. The molecule has 0 spiro atoms. The van der Waals surface area contributed by atoms with Crippen molar-refractivity contribution in [2.75, 3.05) is 13.2 Å². The van der Waals surface area contributed by atoms with Crippen LogP contribution < -0.4 is 9.47 Å². The van der Waals surface area contributed by atoms with Crippen LogP contribution in [0.4, 0.5) is 0 Å². The monoisotopic (exact) mass is 203 g/mol. The highest BCUT2D eigenvalue weighted by Crippen LogP contribution is 2.34. The number of nitriles is 1. The topological polar surface area (TPSA) is 59.3 Å². The molecule has 0 N–H and O–H groups in total. The number of carbonyl (C=O) groups excluding carboxylic acids is 1. The average molecular weight is 203 g/mol. The van der Waals surface area contributed by atoms with Crippen molar-refractivity contribution in [3.8, 4) is 17.6 Å². The van der Waals surface area contributed by atoms with Crippen molar-refractivity contribution in [2.45, 2.75) is 6.42 Å². The minimum Gasteiger partial charge on any atom is -0.486 e. The molecule has 0 amide bonds. The summed E-state index contributed by atoms with van der Waals surface area (Å²) >= 11 is 0. The third-order valence-electron chi connectivity index (χ3n) is 2.11. The van der Waals surface area contributed by atoms with Crippen LogP contribution in [0, 0.1) is 11.3 Å². The molecule has 0 bridgehead atoms. The number of ether oxygens (including phenoxy) is 2. The molecule has 1 aliphatic rings. The summed E-state index contributed by atoms with van der Waals surface area (Å²) in [7, 11) is 0. The number of rotatable bonds is 2. The lowest BCUT2D eigenvalue weighted by Gasteiger charge is -2.19. The first-order valence-corrected chi connectivity index (χ1v) is 4.61. The molecule has 76 valence electrons. The molecule has 4 heteroatoms. The van der Waals surface area contributed by atoms with Crippen molar-refractivity contribution in [3.05, 3.63) is 23.8 Å². The third-order valence-corrected chi connectivity index (χ3v) is 2.11. The number of fused-ring (bicyclic) bond motifs is 1. The molecule has 0 fully saturated rings. The minimum absolute atomic E-state index is 0.139. The quantitative estimate of drug-likeness (QED) is 0.684. The molecule has 4 nitrogen and oxygen atoms in total. The predicted octanol–water partition coefficient (Wildman–Crippen LogP) is 1.55. The van der Waals surface area contributed by atoms with Gasteiger partial charge in [-0.25, -0.2) is 0 Å². The number of nitrogens with zero attached hydrogens (tertiary/aromatic N) is 1. The summed E-state index contributed by atoms with van der Waals surface area (Å²) in [6.07, 6.45) is -0.139. The number of carbonyl (C=O) groups is 1.